The summed E-state index contributed by atoms with van der Waals surface area (Å²) in [5.41, 5.74) is 2.48. The van der Waals surface area contributed by atoms with Gasteiger partial charge in [0.1, 0.15) is 24.8 Å². The van der Waals surface area contributed by atoms with Crippen molar-refractivity contribution >= 4 is 28.7 Å². The van der Waals surface area contributed by atoms with Gasteiger partial charge in [-0.05, 0) is 36.4 Å². The molecule has 2 aliphatic rings. The molecule has 1 N–H and O–H groups in total. The van der Waals surface area contributed by atoms with Crippen molar-refractivity contribution in [2.45, 2.75) is 12.8 Å². The first-order chi connectivity index (χ1) is 18.7. The Morgan fingerprint density at radius 3 is 2.61 bits per heavy atom. The Morgan fingerprint density at radius 2 is 1.76 bits per heavy atom. The van der Waals surface area contributed by atoms with Crippen molar-refractivity contribution in [1.29, 1.82) is 0 Å². The molecule has 0 saturated carbocycles. The molecule has 38 heavy (non-hydrogen) atoms. The third-order valence-electron chi connectivity index (χ3n) is 6.74. The lowest BCUT2D eigenvalue weighted by Crippen LogP contribution is -2.47. The van der Waals surface area contributed by atoms with Crippen LogP contribution < -0.4 is 29.3 Å². The number of fused-ring (bicyclic) bond motifs is 2. The van der Waals surface area contributed by atoms with Crippen LogP contribution in [0.1, 0.15) is 12.2 Å². The SMILES string of the molecule is COc1cccc(N2CCN(c3ccc4nnc(CCC(=O)Nc5ccc6c(c5)OCCO6)n4n3)CC2)c1. The molecule has 6 rings (SSSR count). The van der Waals surface area contributed by atoms with Crippen LogP contribution >= 0.6 is 0 Å². The summed E-state index contributed by atoms with van der Waals surface area (Å²) in [6, 6.07) is 17.4. The zero-order valence-corrected chi connectivity index (χ0v) is 21.2. The highest BCUT2D eigenvalue weighted by molar-refractivity contribution is 5.91. The zero-order valence-electron chi connectivity index (χ0n) is 21.2. The number of anilines is 3. The topological polar surface area (TPSA) is 106 Å². The Kier molecular flexibility index (Phi) is 6.55. The van der Waals surface area contributed by atoms with Crippen LogP contribution in [0.15, 0.2) is 54.6 Å². The fourth-order valence-corrected chi connectivity index (χ4v) is 4.72. The van der Waals surface area contributed by atoms with Gasteiger partial charge in [0.15, 0.2) is 23.0 Å². The monoisotopic (exact) mass is 515 g/mol. The molecule has 1 saturated heterocycles. The standard InChI is InChI=1S/C27H29N7O4/c1-36-21-4-2-3-20(18-21)32-11-13-33(14-12-32)26-8-7-24-29-30-25(34(24)31-26)9-10-27(35)28-19-5-6-22-23(17-19)38-16-15-37-22/h2-8,17-18H,9-16H2,1H3,(H,28,35). The van der Waals surface area contributed by atoms with Gasteiger partial charge in [0.05, 0.1) is 7.11 Å². The largest absolute Gasteiger partial charge is 0.497 e. The Morgan fingerprint density at radius 1 is 0.947 bits per heavy atom. The number of hydrogen-bond acceptors (Lipinski definition) is 9. The minimum absolute atomic E-state index is 0.122. The number of aryl methyl sites for hydroxylation is 1. The first-order valence-electron chi connectivity index (χ1n) is 12.7. The number of nitrogens with one attached hydrogen (secondary N) is 1. The van der Waals surface area contributed by atoms with Gasteiger partial charge in [0.2, 0.25) is 5.91 Å². The van der Waals surface area contributed by atoms with Gasteiger partial charge in [-0.15, -0.1) is 15.3 Å². The van der Waals surface area contributed by atoms with Crippen LogP contribution in [0.4, 0.5) is 17.2 Å². The van der Waals surface area contributed by atoms with Gasteiger partial charge in [0, 0.05) is 62.5 Å². The number of carbonyl (C=O) groups is 1. The minimum Gasteiger partial charge on any atom is -0.497 e. The maximum Gasteiger partial charge on any atom is 0.224 e. The van der Waals surface area contributed by atoms with Crippen LogP contribution in [-0.2, 0) is 11.2 Å². The molecule has 2 aliphatic heterocycles. The normalized spacial score (nSPS) is 15.0. The molecule has 0 radical (unpaired) electrons. The number of ether oxygens (including phenoxy) is 3. The van der Waals surface area contributed by atoms with E-state index < -0.39 is 0 Å². The highest BCUT2D eigenvalue weighted by Crippen LogP contribution is 2.32. The van der Waals surface area contributed by atoms with Crippen LogP contribution in [0.5, 0.6) is 17.2 Å². The van der Waals surface area contributed by atoms with Crippen LogP contribution in [0.2, 0.25) is 0 Å². The van der Waals surface area contributed by atoms with Gasteiger partial charge in [-0.25, -0.2) is 0 Å². The van der Waals surface area contributed by atoms with Crippen molar-refractivity contribution in [3.05, 3.63) is 60.4 Å². The molecule has 11 nitrogen and oxygen atoms in total. The quantitative estimate of drug-likeness (QED) is 0.398. The molecular formula is C27H29N7O4. The highest BCUT2D eigenvalue weighted by atomic mass is 16.6. The van der Waals surface area contributed by atoms with E-state index in [4.69, 9.17) is 19.3 Å². The van der Waals surface area contributed by atoms with E-state index in [0.717, 1.165) is 43.4 Å². The van der Waals surface area contributed by atoms with Crippen LogP contribution in [0, 0.1) is 0 Å². The molecule has 4 heterocycles. The molecule has 0 bridgehead atoms. The summed E-state index contributed by atoms with van der Waals surface area (Å²) >= 11 is 0. The summed E-state index contributed by atoms with van der Waals surface area (Å²) in [6.07, 6.45) is 0.665. The molecule has 196 valence electrons. The van der Waals surface area contributed by atoms with Crippen molar-refractivity contribution in [2.24, 2.45) is 0 Å². The number of rotatable bonds is 7. The number of aromatic nitrogens is 4. The molecule has 11 heteroatoms. The van der Waals surface area contributed by atoms with E-state index in [-0.39, 0.29) is 12.3 Å². The molecule has 0 unspecified atom stereocenters. The molecule has 0 aliphatic carbocycles. The molecule has 1 fully saturated rings. The number of piperazine rings is 1. The van der Waals surface area contributed by atoms with E-state index in [1.807, 2.05) is 24.3 Å². The first-order valence-corrected chi connectivity index (χ1v) is 12.7. The predicted octanol–water partition coefficient (Wildman–Crippen LogP) is 2.80. The Bertz CT molecular complexity index is 1450. The van der Waals surface area contributed by atoms with Crippen molar-refractivity contribution in [3.63, 3.8) is 0 Å². The van der Waals surface area contributed by atoms with E-state index in [2.05, 4.69) is 37.4 Å². The van der Waals surface area contributed by atoms with Crippen molar-refractivity contribution in [1.82, 2.24) is 19.8 Å². The summed E-state index contributed by atoms with van der Waals surface area (Å²) in [5.74, 6) is 3.57. The number of amides is 1. The van der Waals surface area contributed by atoms with Gasteiger partial charge in [-0.1, -0.05) is 6.07 Å². The number of benzene rings is 2. The maximum atomic E-state index is 12.6. The summed E-state index contributed by atoms with van der Waals surface area (Å²) in [5, 5.41) is 16.2. The molecule has 2 aromatic carbocycles. The molecule has 2 aromatic heterocycles. The average Bonchev–Trinajstić information content (AvgIpc) is 3.38. The van der Waals surface area contributed by atoms with Gasteiger partial charge in [-0.2, -0.15) is 4.52 Å². The lowest BCUT2D eigenvalue weighted by molar-refractivity contribution is -0.116. The van der Waals surface area contributed by atoms with Gasteiger partial charge < -0.3 is 29.3 Å². The Hall–Kier alpha value is -4.54. The summed E-state index contributed by atoms with van der Waals surface area (Å²) in [4.78, 5) is 17.2. The Labute approximate surface area is 219 Å². The van der Waals surface area contributed by atoms with Crippen molar-refractivity contribution < 1.29 is 19.0 Å². The second-order valence-electron chi connectivity index (χ2n) is 9.16. The molecule has 0 atom stereocenters. The van der Waals surface area contributed by atoms with Gasteiger partial charge in [-0.3, -0.25) is 4.79 Å². The van der Waals surface area contributed by atoms with Crippen LogP contribution in [0.25, 0.3) is 5.65 Å². The van der Waals surface area contributed by atoms with Gasteiger partial charge in [0.25, 0.3) is 0 Å². The van der Waals surface area contributed by atoms with E-state index in [1.54, 1.807) is 29.8 Å². The van der Waals surface area contributed by atoms with Crippen molar-refractivity contribution in [3.8, 4) is 17.2 Å². The van der Waals surface area contributed by atoms with Crippen LogP contribution in [-0.4, -0.2) is 72.2 Å². The second kappa shape index (κ2) is 10.4. The van der Waals surface area contributed by atoms with Gasteiger partial charge >= 0.3 is 0 Å². The molecule has 1 amide bonds. The third-order valence-corrected chi connectivity index (χ3v) is 6.74. The lowest BCUT2D eigenvalue weighted by Gasteiger charge is -2.36. The number of nitrogens with zero attached hydrogens (tertiary/aromatic N) is 6. The summed E-state index contributed by atoms with van der Waals surface area (Å²) in [7, 11) is 1.69. The number of methoxy groups -OCH3 is 1. The molecule has 4 aromatic rings. The fraction of sp³-hybridized carbons (Fsp3) is 0.333. The summed E-state index contributed by atoms with van der Waals surface area (Å²) < 4.78 is 18.2. The van der Waals surface area contributed by atoms with Crippen LogP contribution in [0.3, 0.4) is 0 Å². The minimum atomic E-state index is -0.122. The maximum absolute atomic E-state index is 12.6. The highest BCUT2D eigenvalue weighted by Gasteiger charge is 2.20. The first kappa shape index (κ1) is 23.8. The number of hydrogen-bond donors (Lipinski definition) is 1. The fourth-order valence-electron chi connectivity index (χ4n) is 4.72. The second-order valence-corrected chi connectivity index (χ2v) is 9.16. The van der Waals surface area contributed by atoms with E-state index in [1.165, 1.54) is 0 Å². The average molecular weight is 516 g/mol. The molecular weight excluding hydrogens is 486 g/mol. The van der Waals surface area contributed by atoms with E-state index >= 15 is 0 Å². The van der Waals surface area contributed by atoms with Crippen molar-refractivity contribution in [2.75, 3.05) is 61.6 Å². The molecule has 0 spiro atoms. The Balaban J connectivity index is 1.08. The predicted molar refractivity (Wildman–Crippen MR) is 143 cm³/mol. The lowest BCUT2D eigenvalue weighted by atomic mass is 10.2. The third kappa shape index (κ3) is 4.99. The smallest absolute Gasteiger partial charge is 0.224 e. The van der Waals surface area contributed by atoms with E-state index in [9.17, 15) is 4.79 Å². The number of carbonyl (C=O) groups excluding carboxylic acids is 1. The summed E-state index contributed by atoms with van der Waals surface area (Å²) in [6.45, 7) is 4.46. The van der Waals surface area contributed by atoms with E-state index in [0.29, 0.717) is 48.3 Å². The zero-order chi connectivity index (χ0) is 25.9.